The topological polar surface area (TPSA) is 93.2 Å². The van der Waals surface area contributed by atoms with E-state index < -0.39 is 5.60 Å². The van der Waals surface area contributed by atoms with Crippen LogP contribution in [0.4, 0.5) is 5.82 Å². The molecule has 0 aliphatic heterocycles. The quantitative estimate of drug-likeness (QED) is 0.659. The maximum atomic E-state index is 11.5. The van der Waals surface area contributed by atoms with Gasteiger partial charge in [0, 0.05) is 12.7 Å². The van der Waals surface area contributed by atoms with Gasteiger partial charge in [-0.2, -0.15) is 5.10 Å². The van der Waals surface area contributed by atoms with Gasteiger partial charge in [0.2, 0.25) is 5.91 Å². The van der Waals surface area contributed by atoms with Crippen LogP contribution < -0.4 is 11.1 Å². The van der Waals surface area contributed by atoms with E-state index in [1.807, 2.05) is 6.92 Å². The Morgan fingerprint density at radius 2 is 2.41 bits per heavy atom. The van der Waals surface area contributed by atoms with Crippen molar-refractivity contribution >= 4 is 11.7 Å². The standard InChI is InChI=1S/C11H20N4O2/c1-3-5-11(2,17)8-13-10(16)7-15-6-4-9(12)14-15/h4,6,17H,3,5,7-8H2,1-2H3,(H2,12,14)(H,13,16). The minimum absolute atomic E-state index is 0.111. The summed E-state index contributed by atoms with van der Waals surface area (Å²) in [5.74, 6) is 0.195. The number of anilines is 1. The molecular formula is C11H20N4O2. The van der Waals surface area contributed by atoms with Crippen LogP contribution in [0.5, 0.6) is 0 Å². The third-order valence-corrected chi connectivity index (χ3v) is 2.42. The number of nitrogens with two attached hydrogens (primary N) is 1. The highest BCUT2D eigenvalue weighted by Crippen LogP contribution is 2.09. The highest BCUT2D eigenvalue weighted by atomic mass is 16.3. The lowest BCUT2D eigenvalue weighted by molar-refractivity contribution is -0.123. The third-order valence-electron chi connectivity index (χ3n) is 2.42. The Labute approximate surface area is 101 Å². The summed E-state index contributed by atoms with van der Waals surface area (Å²) in [5, 5.41) is 16.5. The fourth-order valence-corrected chi connectivity index (χ4v) is 1.58. The second-order valence-electron chi connectivity index (χ2n) is 4.46. The van der Waals surface area contributed by atoms with Crippen molar-refractivity contribution < 1.29 is 9.90 Å². The van der Waals surface area contributed by atoms with Crippen LogP contribution in [0.25, 0.3) is 0 Å². The Morgan fingerprint density at radius 1 is 1.71 bits per heavy atom. The van der Waals surface area contributed by atoms with Crippen LogP contribution >= 0.6 is 0 Å². The molecule has 1 atom stereocenters. The molecule has 96 valence electrons. The summed E-state index contributed by atoms with van der Waals surface area (Å²) in [6.45, 7) is 4.06. The number of carbonyl (C=O) groups is 1. The zero-order valence-corrected chi connectivity index (χ0v) is 10.3. The molecule has 6 heteroatoms. The van der Waals surface area contributed by atoms with Crippen LogP contribution in [0.1, 0.15) is 26.7 Å². The number of nitrogens with one attached hydrogen (secondary N) is 1. The number of nitrogen functional groups attached to an aromatic ring is 1. The summed E-state index contributed by atoms with van der Waals surface area (Å²) in [4.78, 5) is 11.5. The molecule has 1 rings (SSSR count). The molecule has 0 saturated carbocycles. The van der Waals surface area contributed by atoms with Crippen LogP contribution in [0.3, 0.4) is 0 Å². The predicted octanol–water partition coefficient (Wildman–Crippen LogP) is 0.133. The number of aliphatic hydroxyl groups is 1. The van der Waals surface area contributed by atoms with Crippen molar-refractivity contribution in [1.82, 2.24) is 15.1 Å². The molecule has 17 heavy (non-hydrogen) atoms. The lowest BCUT2D eigenvalue weighted by Crippen LogP contribution is -2.41. The zero-order valence-electron chi connectivity index (χ0n) is 10.3. The van der Waals surface area contributed by atoms with Crippen molar-refractivity contribution in [1.29, 1.82) is 0 Å². The molecule has 0 aliphatic rings. The molecule has 4 N–H and O–H groups in total. The molecule has 0 saturated heterocycles. The summed E-state index contributed by atoms with van der Waals surface area (Å²) in [6.07, 6.45) is 3.17. The van der Waals surface area contributed by atoms with Gasteiger partial charge < -0.3 is 16.2 Å². The second kappa shape index (κ2) is 5.67. The van der Waals surface area contributed by atoms with Crippen LogP contribution in [0.15, 0.2) is 12.3 Å². The van der Waals surface area contributed by atoms with Crippen molar-refractivity contribution in [2.75, 3.05) is 12.3 Å². The van der Waals surface area contributed by atoms with Gasteiger partial charge in [-0.05, 0) is 19.4 Å². The van der Waals surface area contributed by atoms with E-state index in [9.17, 15) is 9.90 Å². The number of rotatable bonds is 6. The Balaban J connectivity index is 2.35. The largest absolute Gasteiger partial charge is 0.388 e. The average Bonchev–Trinajstić information content (AvgIpc) is 2.61. The molecule has 0 aromatic carbocycles. The first kappa shape index (κ1) is 13.5. The van der Waals surface area contributed by atoms with Crippen molar-refractivity contribution in [2.45, 2.75) is 38.8 Å². The third kappa shape index (κ3) is 4.86. The number of hydrogen-bond donors (Lipinski definition) is 3. The summed E-state index contributed by atoms with van der Waals surface area (Å²) in [6, 6.07) is 1.63. The summed E-state index contributed by atoms with van der Waals surface area (Å²) >= 11 is 0. The SMILES string of the molecule is CCCC(C)(O)CNC(=O)Cn1ccc(N)n1. The fourth-order valence-electron chi connectivity index (χ4n) is 1.58. The molecule has 0 fully saturated rings. The summed E-state index contributed by atoms with van der Waals surface area (Å²) in [7, 11) is 0. The van der Waals surface area contributed by atoms with Gasteiger partial charge in [0.1, 0.15) is 12.4 Å². The molecule has 0 aliphatic carbocycles. The molecule has 0 radical (unpaired) electrons. The fraction of sp³-hybridized carbons (Fsp3) is 0.636. The Bertz CT molecular complexity index is 373. The zero-order chi connectivity index (χ0) is 12.9. The Hall–Kier alpha value is -1.56. The van der Waals surface area contributed by atoms with E-state index >= 15 is 0 Å². The molecule has 1 heterocycles. The lowest BCUT2D eigenvalue weighted by atomic mass is 10.0. The first-order valence-corrected chi connectivity index (χ1v) is 5.71. The summed E-state index contributed by atoms with van der Waals surface area (Å²) in [5.41, 5.74) is 4.58. The average molecular weight is 240 g/mol. The van der Waals surface area contributed by atoms with E-state index in [1.54, 1.807) is 19.2 Å². The highest BCUT2D eigenvalue weighted by molar-refractivity contribution is 5.75. The van der Waals surface area contributed by atoms with Gasteiger partial charge in [0.15, 0.2) is 0 Å². The molecule has 6 nitrogen and oxygen atoms in total. The second-order valence-corrected chi connectivity index (χ2v) is 4.46. The van der Waals surface area contributed by atoms with E-state index in [-0.39, 0.29) is 19.0 Å². The van der Waals surface area contributed by atoms with Crippen LogP contribution in [0.2, 0.25) is 0 Å². The first-order valence-electron chi connectivity index (χ1n) is 5.71. The van der Waals surface area contributed by atoms with Crippen LogP contribution in [0, 0.1) is 0 Å². The van der Waals surface area contributed by atoms with Gasteiger partial charge in [0.05, 0.1) is 5.60 Å². The van der Waals surface area contributed by atoms with Gasteiger partial charge in [-0.15, -0.1) is 0 Å². The number of carbonyl (C=O) groups excluding carboxylic acids is 1. The molecule has 1 aromatic heterocycles. The van der Waals surface area contributed by atoms with Gasteiger partial charge in [-0.3, -0.25) is 9.48 Å². The van der Waals surface area contributed by atoms with Crippen molar-refractivity contribution in [3.63, 3.8) is 0 Å². The van der Waals surface area contributed by atoms with E-state index in [0.29, 0.717) is 12.2 Å². The van der Waals surface area contributed by atoms with Crippen molar-refractivity contribution in [3.8, 4) is 0 Å². The van der Waals surface area contributed by atoms with Gasteiger partial charge in [0.25, 0.3) is 0 Å². The maximum absolute atomic E-state index is 11.5. The predicted molar refractivity (Wildman–Crippen MR) is 65.2 cm³/mol. The molecule has 0 spiro atoms. The van der Waals surface area contributed by atoms with Crippen molar-refractivity contribution in [2.24, 2.45) is 0 Å². The van der Waals surface area contributed by atoms with E-state index in [4.69, 9.17) is 5.73 Å². The normalized spacial score (nSPS) is 14.3. The minimum Gasteiger partial charge on any atom is -0.388 e. The highest BCUT2D eigenvalue weighted by Gasteiger charge is 2.19. The molecular weight excluding hydrogens is 220 g/mol. The Kier molecular flexibility index (Phi) is 4.51. The minimum atomic E-state index is -0.854. The number of aromatic nitrogens is 2. The molecule has 1 unspecified atom stereocenters. The molecule has 0 bridgehead atoms. The maximum Gasteiger partial charge on any atom is 0.241 e. The molecule has 1 aromatic rings. The lowest BCUT2D eigenvalue weighted by Gasteiger charge is -2.22. The number of amides is 1. The van der Waals surface area contributed by atoms with Gasteiger partial charge >= 0.3 is 0 Å². The van der Waals surface area contributed by atoms with E-state index in [0.717, 1.165) is 6.42 Å². The number of nitrogens with zero attached hydrogens (tertiary/aromatic N) is 2. The van der Waals surface area contributed by atoms with Crippen LogP contribution in [-0.4, -0.2) is 32.9 Å². The first-order chi connectivity index (χ1) is 7.93. The van der Waals surface area contributed by atoms with Crippen LogP contribution in [-0.2, 0) is 11.3 Å². The van der Waals surface area contributed by atoms with E-state index in [1.165, 1.54) is 4.68 Å². The smallest absolute Gasteiger partial charge is 0.241 e. The monoisotopic (exact) mass is 240 g/mol. The molecule has 1 amide bonds. The summed E-state index contributed by atoms with van der Waals surface area (Å²) < 4.78 is 1.46. The Morgan fingerprint density at radius 3 is 2.94 bits per heavy atom. The van der Waals surface area contributed by atoms with Gasteiger partial charge in [-0.1, -0.05) is 13.3 Å². The van der Waals surface area contributed by atoms with E-state index in [2.05, 4.69) is 10.4 Å². The van der Waals surface area contributed by atoms with Gasteiger partial charge in [-0.25, -0.2) is 0 Å². The number of hydrogen-bond acceptors (Lipinski definition) is 4. The van der Waals surface area contributed by atoms with Crippen molar-refractivity contribution in [3.05, 3.63) is 12.3 Å².